The van der Waals surface area contributed by atoms with E-state index in [0.717, 1.165) is 20.6 Å². The normalized spacial score (nSPS) is 12.3. The molecule has 2 rings (SSSR count). The SMILES string of the molecule is CC(C)CNC(=O)[C@@H](C)N(Cc1cccc(Br)c1)C(=O)CCCN(c1ccc(F)cc1)S(C)(=O)=O. The van der Waals surface area contributed by atoms with Gasteiger partial charge in [-0.05, 0) is 61.2 Å². The van der Waals surface area contributed by atoms with Crippen LogP contribution in [0, 0.1) is 11.7 Å². The highest BCUT2D eigenvalue weighted by Crippen LogP contribution is 2.20. The van der Waals surface area contributed by atoms with Crippen molar-refractivity contribution in [2.75, 3.05) is 23.7 Å². The first-order chi connectivity index (χ1) is 16.4. The van der Waals surface area contributed by atoms with Crippen LogP contribution >= 0.6 is 15.9 Å². The summed E-state index contributed by atoms with van der Waals surface area (Å²) in [5.41, 5.74) is 1.19. The predicted octanol–water partition coefficient (Wildman–Crippen LogP) is 4.32. The molecule has 0 spiro atoms. The second-order valence-electron chi connectivity index (χ2n) is 8.88. The maximum absolute atomic E-state index is 13.3. The zero-order valence-electron chi connectivity index (χ0n) is 20.5. The van der Waals surface area contributed by atoms with Gasteiger partial charge in [-0.15, -0.1) is 0 Å². The highest BCUT2D eigenvalue weighted by Gasteiger charge is 2.26. The van der Waals surface area contributed by atoms with Gasteiger partial charge in [0.05, 0.1) is 11.9 Å². The lowest BCUT2D eigenvalue weighted by atomic mass is 10.1. The van der Waals surface area contributed by atoms with Crippen LogP contribution in [0.25, 0.3) is 0 Å². The van der Waals surface area contributed by atoms with Crippen LogP contribution in [0.3, 0.4) is 0 Å². The van der Waals surface area contributed by atoms with E-state index in [2.05, 4.69) is 21.2 Å². The van der Waals surface area contributed by atoms with Crippen molar-refractivity contribution in [2.24, 2.45) is 5.92 Å². The fourth-order valence-electron chi connectivity index (χ4n) is 3.48. The topological polar surface area (TPSA) is 86.8 Å². The third-order valence-corrected chi connectivity index (χ3v) is 7.05. The molecule has 0 heterocycles. The fourth-order valence-corrected chi connectivity index (χ4v) is 4.89. The number of carbonyl (C=O) groups excluding carboxylic acids is 2. The molecule has 0 unspecified atom stereocenters. The molecule has 192 valence electrons. The number of hydrogen-bond donors (Lipinski definition) is 1. The first kappa shape index (κ1) is 28.8. The number of amides is 2. The number of nitrogens with zero attached hydrogens (tertiary/aromatic N) is 2. The lowest BCUT2D eigenvalue weighted by Crippen LogP contribution is -2.48. The van der Waals surface area contributed by atoms with Crippen LogP contribution in [0.15, 0.2) is 53.0 Å². The third-order valence-electron chi connectivity index (χ3n) is 5.36. The number of halogens is 2. The zero-order chi connectivity index (χ0) is 26.2. The molecule has 0 aliphatic heterocycles. The molecular weight excluding hydrogens is 537 g/mol. The van der Waals surface area contributed by atoms with Gasteiger partial charge in [0.2, 0.25) is 21.8 Å². The van der Waals surface area contributed by atoms with Crippen LogP contribution < -0.4 is 9.62 Å². The Balaban J connectivity index is 2.15. The highest BCUT2D eigenvalue weighted by atomic mass is 79.9. The maximum Gasteiger partial charge on any atom is 0.242 e. The Bertz CT molecular complexity index is 1110. The Morgan fingerprint density at radius 1 is 1.09 bits per heavy atom. The zero-order valence-corrected chi connectivity index (χ0v) is 22.9. The van der Waals surface area contributed by atoms with Crippen molar-refractivity contribution in [2.45, 2.75) is 46.2 Å². The first-order valence-corrected chi connectivity index (χ1v) is 14.1. The van der Waals surface area contributed by atoms with Crippen LogP contribution in [0.1, 0.15) is 39.2 Å². The quantitative estimate of drug-likeness (QED) is 0.412. The largest absolute Gasteiger partial charge is 0.354 e. The van der Waals surface area contributed by atoms with Crippen molar-refractivity contribution in [3.05, 3.63) is 64.4 Å². The summed E-state index contributed by atoms with van der Waals surface area (Å²) in [6, 6.07) is 12.0. The van der Waals surface area contributed by atoms with Gasteiger partial charge in [-0.1, -0.05) is 41.9 Å². The summed E-state index contributed by atoms with van der Waals surface area (Å²) in [5, 5.41) is 2.87. The molecule has 1 atom stereocenters. The van der Waals surface area contributed by atoms with Gasteiger partial charge in [0, 0.05) is 30.5 Å². The number of rotatable bonds is 12. The second-order valence-corrected chi connectivity index (χ2v) is 11.7. The molecule has 0 aliphatic carbocycles. The molecule has 0 saturated carbocycles. The Labute approximate surface area is 215 Å². The molecule has 0 bridgehead atoms. The number of hydrogen-bond acceptors (Lipinski definition) is 4. The minimum atomic E-state index is -3.63. The summed E-state index contributed by atoms with van der Waals surface area (Å²) >= 11 is 3.43. The summed E-state index contributed by atoms with van der Waals surface area (Å²) in [4.78, 5) is 27.5. The van der Waals surface area contributed by atoms with E-state index in [1.807, 2.05) is 38.1 Å². The third kappa shape index (κ3) is 9.25. The van der Waals surface area contributed by atoms with Gasteiger partial charge >= 0.3 is 0 Å². The number of carbonyl (C=O) groups is 2. The van der Waals surface area contributed by atoms with Crippen LogP contribution in [0.5, 0.6) is 0 Å². The van der Waals surface area contributed by atoms with Gasteiger partial charge in [0.1, 0.15) is 11.9 Å². The van der Waals surface area contributed by atoms with Crippen molar-refractivity contribution in [1.82, 2.24) is 10.2 Å². The van der Waals surface area contributed by atoms with Gasteiger partial charge < -0.3 is 10.2 Å². The smallest absolute Gasteiger partial charge is 0.242 e. The molecule has 0 aromatic heterocycles. The Morgan fingerprint density at radius 3 is 2.31 bits per heavy atom. The van der Waals surface area contributed by atoms with E-state index in [1.165, 1.54) is 29.2 Å². The lowest BCUT2D eigenvalue weighted by molar-refractivity contribution is -0.140. The molecule has 2 aromatic carbocycles. The van der Waals surface area contributed by atoms with Crippen molar-refractivity contribution in [3.8, 4) is 0 Å². The average Bonchev–Trinajstić information content (AvgIpc) is 2.78. The summed E-state index contributed by atoms with van der Waals surface area (Å²) in [6.07, 6.45) is 1.35. The minimum Gasteiger partial charge on any atom is -0.354 e. The standard InChI is InChI=1S/C25H33BrFN3O4S/c1-18(2)16-28-25(32)19(3)29(17-20-7-5-8-21(26)15-20)24(31)9-6-14-30(35(4,33)34)23-12-10-22(27)11-13-23/h5,7-8,10-13,15,18-19H,6,9,14,16-17H2,1-4H3,(H,28,32)/t19-/m1/s1. The molecule has 35 heavy (non-hydrogen) atoms. The molecular formula is C25H33BrFN3O4S. The summed E-state index contributed by atoms with van der Waals surface area (Å²) < 4.78 is 39.9. The van der Waals surface area contributed by atoms with E-state index in [1.54, 1.807) is 6.92 Å². The molecule has 0 fully saturated rings. The molecule has 2 amide bonds. The predicted molar refractivity (Wildman–Crippen MR) is 140 cm³/mol. The van der Waals surface area contributed by atoms with Crippen LogP contribution in [-0.2, 0) is 26.2 Å². The van der Waals surface area contributed by atoms with Crippen LogP contribution in [0.4, 0.5) is 10.1 Å². The van der Waals surface area contributed by atoms with Gasteiger partial charge in [0.25, 0.3) is 0 Å². The molecule has 2 aromatic rings. The van der Waals surface area contributed by atoms with E-state index in [9.17, 15) is 22.4 Å². The van der Waals surface area contributed by atoms with Crippen LogP contribution in [-0.4, -0.2) is 50.5 Å². The van der Waals surface area contributed by atoms with Gasteiger partial charge in [-0.25, -0.2) is 12.8 Å². The number of nitrogens with one attached hydrogen (secondary N) is 1. The lowest BCUT2D eigenvalue weighted by Gasteiger charge is -2.29. The van der Waals surface area contributed by atoms with E-state index < -0.39 is 21.9 Å². The number of benzene rings is 2. The number of sulfonamides is 1. The summed E-state index contributed by atoms with van der Waals surface area (Å²) in [5.74, 6) is -0.699. The number of anilines is 1. The van der Waals surface area contributed by atoms with E-state index in [4.69, 9.17) is 0 Å². The van der Waals surface area contributed by atoms with E-state index >= 15 is 0 Å². The minimum absolute atomic E-state index is 0.0447. The van der Waals surface area contributed by atoms with Gasteiger partial charge in [0.15, 0.2) is 0 Å². The van der Waals surface area contributed by atoms with Crippen molar-refractivity contribution in [1.29, 1.82) is 0 Å². The fraction of sp³-hybridized carbons (Fsp3) is 0.440. The molecule has 0 aliphatic rings. The molecule has 1 N–H and O–H groups in total. The van der Waals surface area contributed by atoms with Gasteiger partial charge in [-0.2, -0.15) is 0 Å². The first-order valence-electron chi connectivity index (χ1n) is 11.4. The monoisotopic (exact) mass is 569 g/mol. The summed E-state index contributed by atoms with van der Waals surface area (Å²) in [7, 11) is -3.63. The Hall–Kier alpha value is -2.46. The van der Waals surface area contributed by atoms with E-state index in [0.29, 0.717) is 12.2 Å². The highest BCUT2D eigenvalue weighted by molar-refractivity contribution is 9.10. The van der Waals surface area contributed by atoms with Crippen molar-refractivity contribution < 1.29 is 22.4 Å². The Morgan fingerprint density at radius 2 is 1.74 bits per heavy atom. The molecule has 0 radical (unpaired) electrons. The molecule has 10 heteroatoms. The van der Waals surface area contributed by atoms with Gasteiger partial charge in [-0.3, -0.25) is 13.9 Å². The van der Waals surface area contributed by atoms with Crippen molar-refractivity contribution in [3.63, 3.8) is 0 Å². The Kier molecular flexibility index (Phi) is 10.7. The molecule has 7 nitrogen and oxygen atoms in total. The molecule has 0 saturated heterocycles. The van der Waals surface area contributed by atoms with Crippen molar-refractivity contribution >= 4 is 43.5 Å². The summed E-state index contributed by atoms with van der Waals surface area (Å²) in [6.45, 7) is 6.46. The second kappa shape index (κ2) is 13.0. The van der Waals surface area contributed by atoms with Crippen LogP contribution in [0.2, 0.25) is 0 Å². The average molecular weight is 571 g/mol. The maximum atomic E-state index is 13.3. The van der Waals surface area contributed by atoms with E-state index in [-0.39, 0.29) is 43.7 Å².